The van der Waals surface area contributed by atoms with Crippen molar-refractivity contribution in [3.05, 3.63) is 77.6 Å². The summed E-state index contributed by atoms with van der Waals surface area (Å²) in [5.41, 5.74) is 4.96. The number of carbonyl (C=O) groups is 1. The maximum absolute atomic E-state index is 13.3. The molecule has 1 atom stereocenters. The highest BCUT2D eigenvalue weighted by Gasteiger charge is 2.29. The van der Waals surface area contributed by atoms with Crippen LogP contribution >= 0.6 is 0 Å². The van der Waals surface area contributed by atoms with E-state index < -0.39 is 0 Å². The standard InChI is InChI=1S/C27H32N4O2/c1-4-33-19-20-12-14-22(15-13-20)26(32)31-16-8-11-23(18-31)25-24(21-9-6-5-7-10-21)17-28-27(29-25)30(2)3/h5-7,9-10,12-15,17,23H,4,8,11,16,18-19H2,1-3H3/t23-/m1/s1. The third-order valence-corrected chi connectivity index (χ3v) is 6.06. The summed E-state index contributed by atoms with van der Waals surface area (Å²) in [6, 6.07) is 18.0. The zero-order chi connectivity index (χ0) is 23.2. The Morgan fingerprint density at radius 3 is 2.58 bits per heavy atom. The van der Waals surface area contributed by atoms with E-state index in [2.05, 4.69) is 17.1 Å². The Balaban J connectivity index is 1.58. The first-order valence-corrected chi connectivity index (χ1v) is 11.6. The smallest absolute Gasteiger partial charge is 0.253 e. The molecule has 0 radical (unpaired) electrons. The maximum Gasteiger partial charge on any atom is 0.253 e. The second-order valence-corrected chi connectivity index (χ2v) is 8.65. The Labute approximate surface area is 196 Å². The molecule has 2 heterocycles. The van der Waals surface area contributed by atoms with Crippen LogP contribution in [0.25, 0.3) is 11.1 Å². The zero-order valence-corrected chi connectivity index (χ0v) is 19.7. The number of piperidine rings is 1. The third kappa shape index (κ3) is 5.40. The van der Waals surface area contributed by atoms with Crippen LogP contribution in [0.5, 0.6) is 0 Å². The second-order valence-electron chi connectivity index (χ2n) is 8.65. The van der Waals surface area contributed by atoms with Crippen molar-refractivity contribution in [2.75, 3.05) is 38.7 Å². The molecule has 0 unspecified atom stereocenters. The molecule has 172 valence electrons. The Morgan fingerprint density at radius 2 is 1.88 bits per heavy atom. The molecule has 0 spiro atoms. The first kappa shape index (κ1) is 22.9. The lowest BCUT2D eigenvalue weighted by molar-refractivity contribution is 0.0706. The van der Waals surface area contributed by atoms with Gasteiger partial charge in [0, 0.05) is 57.0 Å². The summed E-state index contributed by atoms with van der Waals surface area (Å²) in [5, 5.41) is 0. The molecule has 6 heteroatoms. The van der Waals surface area contributed by atoms with Gasteiger partial charge in [-0.3, -0.25) is 4.79 Å². The molecular weight excluding hydrogens is 412 g/mol. The predicted octanol–water partition coefficient (Wildman–Crippen LogP) is 4.77. The summed E-state index contributed by atoms with van der Waals surface area (Å²) in [5.74, 6) is 0.931. The molecule has 6 nitrogen and oxygen atoms in total. The molecule has 4 rings (SSSR count). The van der Waals surface area contributed by atoms with E-state index in [0.717, 1.165) is 47.3 Å². The van der Waals surface area contributed by atoms with Gasteiger partial charge in [0.1, 0.15) is 0 Å². The van der Waals surface area contributed by atoms with E-state index in [0.29, 0.717) is 25.7 Å². The average molecular weight is 445 g/mol. The highest BCUT2D eigenvalue weighted by atomic mass is 16.5. The molecule has 0 N–H and O–H groups in total. The van der Waals surface area contributed by atoms with Gasteiger partial charge in [-0.05, 0) is 43.0 Å². The molecule has 3 aromatic rings. The minimum absolute atomic E-state index is 0.0748. The average Bonchev–Trinajstić information content (AvgIpc) is 2.87. The van der Waals surface area contributed by atoms with Gasteiger partial charge in [0.15, 0.2) is 0 Å². The lowest BCUT2D eigenvalue weighted by Crippen LogP contribution is -2.39. The number of anilines is 1. The summed E-state index contributed by atoms with van der Waals surface area (Å²) < 4.78 is 5.46. The Bertz CT molecular complexity index is 1070. The fourth-order valence-corrected chi connectivity index (χ4v) is 4.28. The zero-order valence-electron chi connectivity index (χ0n) is 19.7. The summed E-state index contributed by atoms with van der Waals surface area (Å²) >= 11 is 0. The van der Waals surface area contributed by atoms with E-state index in [1.807, 2.05) is 79.5 Å². The van der Waals surface area contributed by atoms with Crippen LogP contribution in [0.3, 0.4) is 0 Å². The summed E-state index contributed by atoms with van der Waals surface area (Å²) in [6.07, 6.45) is 3.88. The molecule has 1 amide bonds. The second kappa shape index (κ2) is 10.6. The highest BCUT2D eigenvalue weighted by Crippen LogP contribution is 2.34. The van der Waals surface area contributed by atoms with Gasteiger partial charge < -0.3 is 14.5 Å². The quantitative estimate of drug-likeness (QED) is 0.526. The van der Waals surface area contributed by atoms with Crippen LogP contribution in [0.15, 0.2) is 60.8 Å². The van der Waals surface area contributed by atoms with Crippen LogP contribution in [-0.4, -0.2) is 54.6 Å². The van der Waals surface area contributed by atoms with Gasteiger partial charge in [0.2, 0.25) is 5.95 Å². The van der Waals surface area contributed by atoms with Crippen molar-refractivity contribution in [2.24, 2.45) is 0 Å². The fourth-order valence-electron chi connectivity index (χ4n) is 4.28. The van der Waals surface area contributed by atoms with Crippen LogP contribution < -0.4 is 4.90 Å². The Kier molecular flexibility index (Phi) is 7.35. The Morgan fingerprint density at radius 1 is 1.12 bits per heavy atom. The van der Waals surface area contributed by atoms with Crippen molar-refractivity contribution in [3.8, 4) is 11.1 Å². The summed E-state index contributed by atoms with van der Waals surface area (Å²) in [6.45, 7) is 4.65. The first-order chi connectivity index (χ1) is 16.1. The van der Waals surface area contributed by atoms with Crippen molar-refractivity contribution >= 4 is 11.9 Å². The number of amides is 1. The van der Waals surface area contributed by atoms with Gasteiger partial charge in [-0.15, -0.1) is 0 Å². The van der Waals surface area contributed by atoms with Crippen LogP contribution in [0.2, 0.25) is 0 Å². The molecule has 1 aromatic heterocycles. The van der Waals surface area contributed by atoms with Gasteiger partial charge in [0.25, 0.3) is 5.91 Å². The molecule has 2 aromatic carbocycles. The van der Waals surface area contributed by atoms with E-state index in [1.54, 1.807) is 0 Å². The largest absolute Gasteiger partial charge is 0.377 e. The van der Waals surface area contributed by atoms with Gasteiger partial charge >= 0.3 is 0 Å². The number of rotatable bonds is 7. The summed E-state index contributed by atoms with van der Waals surface area (Å²) in [7, 11) is 3.90. The first-order valence-electron chi connectivity index (χ1n) is 11.6. The van der Waals surface area contributed by atoms with Crippen molar-refractivity contribution in [1.29, 1.82) is 0 Å². The van der Waals surface area contributed by atoms with E-state index in [9.17, 15) is 4.79 Å². The van der Waals surface area contributed by atoms with E-state index in [1.165, 1.54) is 0 Å². The van der Waals surface area contributed by atoms with Gasteiger partial charge in [0.05, 0.1) is 12.3 Å². The number of carbonyl (C=O) groups excluding carboxylic acids is 1. The van der Waals surface area contributed by atoms with E-state index >= 15 is 0 Å². The van der Waals surface area contributed by atoms with Gasteiger partial charge in [-0.2, -0.15) is 0 Å². The molecule has 1 fully saturated rings. The topological polar surface area (TPSA) is 58.6 Å². The Hall–Kier alpha value is -3.25. The highest BCUT2D eigenvalue weighted by molar-refractivity contribution is 5.94. The fraction of sp³-hybridized carbons (Fsp3) is 0.370. The van der Waals surface area contributed by atoms with Gasteiger partial charge in [-0.1, -0.05) is 42.5 Å². The number of hydrogen-bond donors (Lipinski definition) is 0. The molecule has 0 saturated carbocycles. The van der Waals surface area contributed by atoms with Gasteiger partial charge in [-0.25, -0.2) is 9.97 Å². The normalized spacial score (nSPS) is 16.0. The SMILES string of the molecule is CCOCc1ccc(C(=O)N2CCC[C@@H](c3nc(N(C)C)ncc3-c3ccccc3)C2)cc1. The number of hydrogen-bond acceptors (Lipinski definition) is 5. The molecule has 0 bridgehead atoms. The van der Waals surface area contributed by atoms with Crippen molar-refractivity contribution in [1.82, 2.24) is 14.9 Å². The molecule has 1 aliphatic rings. The van der Waals surface area contributed by atoms with Crippen LogP contribution in [0, 0.1) is 0 Å². The molecule has 0 aliphatic carbocycles. The predicted molar refractivity (Wildman–Crippen MR) is 131 cm³/mol. The number of benzene rings is 2. The molecule has 33 heavy (non-hydrogen) atoms. The van der Waals surface area contributed by atoms with Crippen LogP contribution in [0.1, 0.15) is 47.3 Å². The third-order valence-electron chi connectivity index (χ3n) is 6.06. The minimum atomic E-state index is 0.0748. The molecule has 1 aliphatic heterocycles. The number of likely N-dealkylation sites (tertiary alicyclic amines) is 1. The number of ether oxygens (including phenoxy) is 1. The van der Waals surface area contributed by atoms with E-state index in [-0.39, 0.29) is 11.8 Å². The monoisotopic (exact) mass is 444 g/mol. The summed E-state index contributed by atoms with van der Waals surface area (Å²) in [4.78, 5) is 26.7. The lowest BCUT2D eigenvalue weighted by atomic mass is 9.89. The number of nitrogens with zero attached hydrogens (tertiary/aromatic N) is 4. The van der Waals surface area contributed by atoms with E-state index in [4.69, 9.17) is 9.72 Å². The molecule has 1 saturated heterocycles. The number of aromatic nitrogens is 2. The lowest BCUT2D eigenvalue weighted by Gasteiger charge is -2.33. The minimum Gasteiger partial charge on any atom is -0.377 e. The van der Waals surface area contributed by atoms with Crippen molar-refractivity contribution in [3.63, 3.8) is 0 Å². The van der Waals surface area contributed by atoms with Crippen molar-refractivity contribution in [2.45, 2.75) is 32.3 Å². The van der Waals surface area contributed by atoms with Crippen LogP contribution in [0.4, 0.5) is 5.95 Å². The molecular formula is C27H32N4O2. The van der Waals surface area contributed by atoms with Crippen LogP contribution in [-0.2, 0) is 11.3 Å². The maximum atomic E-state index is 13.3. The van der Waals surface area contributed by atoms with Crippen molar-refractivity contribution < 1.29 is 9.53 Å².